The molecule has 1 atom stereocenters. The van der Waals surface area contributed by atoms with Crippen LogP contribution in [0.25, 0.3) is 0 Å². The molecule has 13 heavy (non-hydrogen) atoms. The van der Waals surface area contributed by atoms with Gasteiger partial charge < -0.3 is 0 Å². The van der Waals surface area contributed by atoms with Crippen LogP contribution in [0.3, 0.4) is 0 Å². The second-order valence-electron chi connectivity index (χ2n) is 2.26. The Kier molecular flexibility index (Phi) is 3.51. The second-order valence-corrected chi connectivity index (χ2v) is 2.26. The zero-order chi connectivity index (χ0) is 10.9. The third kappa shape index (κ3) is 3.35. The van der Waals surface area contributed by atoms with Crippen LogP contribution in [0.5, 0.6) is 0 Å². The Morgan fingerprint density at radius 2 is 1.23 bits per heavy atom. The molecule has 0 aromatic rings. The van der Waals surface area contributed by atoms with Crippen molar-refractivity contribution < 1.29 is 35.1 Å². The number of halogens is 8. The maximum Gasteiger partial charge on any atom is 0.453 e. The molecule has 0 nitrogen and oxygen atoms in total. The van der Waals surface area contributed by atoms with Crippen molar-refractivity contribution in [2.75, 3.05) is 0 Å². The standard InChI is InChI=1S/C5H4F8/c6-2(3(7)8)1-4(9,10)5(11,12)13/h2-3H,1H2. The molecule has 0 aliphatic heterocycles. The Morgan fingerprint density at radius 1 is 0.846 bits per heavy atom. The third-order valence-electron chi connectivity index (χ3n) is 1.14. The first-order valence-electron chi connectivity index (χ1n) is 2.94. The van der Waals surface area contributed by atoms with Gasteiger partial charge in [0.1, 0.15) is 0 Å². The van der Waals surface area contributed by atoms with E-state index in [-0.39, 0.29) is 0 Å². The molecular formula is C5H4F8. The lowest BCUT2D eigenvalue weighted by molar-refractivity contribution is -0.290. The average Bonchev–Trinajstić information content (AvgIpc) is 1.83. The summed E-state index contributed by atoms with van der Waals surface area (Å²) in [5.74, 6) is -5.41. The van der Waals surface area contributed by atoms with Crippen molar-refractivity contribution in [1.29, 1.82) is 0 Å². The minimum atomic E-state index is -5.99. The molecule has 0 heterocycles. The van der Waals surface area contributed by atoms with E-state index in [1.54, 1.807) is 0 Å². The number of rotatable bonds is 3. The predicted molar refractivity (Wildman–Crippen MR) is 26.5 cm³/mol. The molecule has 0 saturated heterocycles. The van der Waals surface area contributed by atoms with Crippen LogP contribution in [0.15, 0.2) is 0 Å². The molecule has 0 spiro atoms. The summed E-state index contributed by atoms with van der Waals surface area (Å²) in [6.45, 7) is 0. The van der Waals surface area contributed by atoms with Crippen LogP contribution in [0.1, 0.15) is 6.42 Å². The van der Waals surface area contributed by atoms with E-state index >= 15 is 0 Å². The largest absolute Gasteiger partial charge is 0.453 e. The molecule has 0 aromatic carbocycles. The fourth-order valence-corrected chi connectivity index (χ4v) is 0.450. The number of hydrogen-bond acceptors (Lipinski definition) is 0. The van der Waals surface area contributed by atoms with Crippen molar-refractivity contribution in [2.24, 2.45) is 0 Å². The monoisotopic (exact) mass is 216 g/mol. The van der Waals surface area contributed by atoms with Gasteiger partial charge in [0, 0.05) is 0 Å². The Balaban J connectivity index is 4.34. The maximum absolute atomic E-state index is 11.8. The summed E-state index contributed by atoms with van der Waals surface area (Å²) in [6, 6.07) is 0. The predicted octanol–water partition coefficient (Wildman–Crippen LogP) is 3.18. The molecule has 0 aliphatic carbocycles. The SMILES string of the molecule is FC(F)C(F)CC(F)(F)C(F)(F)F. The molecule has 0 saturated carbocycles. The zero-order valence-electron chi connectivity index (χ0n) is 5.89. The molecule has 1 unspecified atom stereocenters. The van der Waals surface area contributed by atoms with Crippen molar-refractivity contribution in [3.05, 3.63) is 0 Å². The van der Waals surface area contributed by atoms with Gasteiger partial charge in [-0.15, -0.1) is 0 Å². The Morgan fingerprint density at radius 3 is 1.46 bits per heavy atom. The summed E-state index contributed by atoms with van der Waals surface area (Å²) >= 11 is 0. The summed E-state index contributed by atoms with van der Waals surface area (Å²) in [4.78, 5) is 0. The molecule has 0 fully saturated rings. The first kappa shape index (κ1) is 12.4. The molecule has 0 rings (SSSR count). The minimum Gasteiger partial charge on any atom is -0.241 e. The van der Waals surface area contributed by atoms with E-state index in [2.05, 4.69) is 0 Å². The topological polar surface area (TPSA) is 0 Å². The molecule has 0 radical (unpaired) electrons. The van der Waals surface area contributed by atoms with Crippen molar-refractivity contribution in [3.8, 4) is 0 Å². The van der Waals surface area contributed by atoms with Gasteiger partial charge in [-0.3, -0.25) is 0 Å². The van der Waals surface area contributed by atoms with Crippen LogP contribution in [0, 0.1) is 0 Å². The van der Waals surface area contributed by atoms with Gasteiger partial charge in [0.15, 0.2) is 6.17 Å². The van der Waals surface area contributed by atoms with E-state index in [0.29, 0.717) is 0 Å². The first-order valence-corrected chi connectivity index (χ1v) is 2.94. The van der Waals surface area contributed by atoms with E-state index < -0.39 is 31.1 Å². The molecule has 0 bridgehead atoms. The van der Waals surface area contributed by atoms with Crippen molar-refractivity contribution >= 4 is 0 Å². The zero-order valence-corrected chi connectivity index (χ0v) is 5.89. The summed E-state index contributed by atoms with van der Waals surface area (Å²) in [6.07, 6.45) is -15.9. The maximum atomic E-state index is 11.8. The van der Waals surface area contributed by atoms with Gasteiger partial charge in [0.2, 0.25) is 0 Å². The quantitative estimate of drug-likeness (QED) is 0.635. The number of hydrogen-bond donors (Lipinski definition) is 0. The molecule has 0 aromatic heterocycles. The molecule has 0 amide bonds. The lowest BCUT2D eigenvalue weighted by atomic mass is 10.1. The van der Waals surface area contributed by atoms with Gasteiger partial charge in [-0.2, -0.15) is 22.0 Å². The third-order valence-corrected chi connectivity index (χ3v) is 1.14. The lowest BCUT2D eigenvalue weighted by Gasteiger charge is -2.20. The Bertz CT molecular complexity index is 158. The van der Waals surface area contributed by atoms with Crippen LogP contribution in [0.2, 0.25) is 0 Å². The van der Waals surface area contributed by atoms with Crippen LogP contribution in [0.4, 0.5) is 35.1 Å². The van der Waals surface area contributed by atoms with Crippen LogP contribution in [-0.2, 0) is 0 Å². The highest BCUT2D eigenvalue weighted by atomic mass is 19.4. The smallest absolute Gasteiger partial charge is 0.241 e. The molecular weight excluding hydrogens is 212 g/mol. The first-order chi connectivity index (χ1) is 5.58. The fraction of sp³-hybridized carbons (Fsp3) is 1.00. The normalized spacial score (nSPS) is 16.4. The van der Waals surface area contributed by atoms with Gasteiger partial charge in [-0.05, 0) is 0 Å². The second kappa shape index (κ2) is 3.67. The van der Waals surface area contributed by atoms with E-state index in [1.807, 2.05) is 0 Å². The van der Waals surface area contributed by atoms with Crippen LogP contribution < -0.4 is 0 Å². The average molecular weight is 216 g/mol. The van der Waals surface area contributed by atoms with Crippen molar-refractivity contribution in [1.82, 2.24) is 0 Å². The summed E-state index contributed by atoms with van der Waals surface area (Å²) in [7, 11) is 0. The lowest BCUT2D eigenvalue weighted by Crippen LogP contribution is -2.40. The molecule has 8 heteroatoms. The fourth-order valence-electron chi connectivity index (χ4n) is 0.450. The minimum absolute atomic E-state index is 2.55. The molecule has 0 N–H and O–H groups in total. The summed E-state index contributed by atoms with van der Waals surface area (Å²) < 4.78 is 91.9. The van der Waals surface area contributed by atoms with Crippen LogP contribution in [-0.4, -0.2) is 24.7 Å². The Labute approximate surface area is 67.5 Å². The Hall–Kier alpha value is -0.560. The summed E-state index contributed by atoms with van der Waals surface area (Å²) in [5, 5.41) is 0. The molecule has 0 aliphatic rings. The van der Waals surface area contributed by atoms with Gasteiger partial charge in [-0.1, -0.05) is 0 Å². The number of alkyl halides is 8. The van der Waals surface area contributed by atoms with Gasteiger partial charge >= 0.3 is 12.1 Å². The highest BCUT2D eigenvalue weighted by molar-refractivity contribution is 4.80. The molecule has 80 valence electrons. The highest BCUT2D eigenvalue weighted by Crippen LogP contribution is 2.40. The van der Waals surface area contributed by atoms with Gasteiger partial charge in [0.25, 0.3) is 6.43 Å². The summed E-state index contributed by atoms with van der Waals surface area (Å²) in [5.41, 5.74) is 0. The highest BCUT2D eigenvalue weighted by Gasteiger charge is 2.59. The van der Waals surface area contributed by atoms with E-state index in [9.17, 15) is 35.1 Å². The van der Waals surface area contributed by atoms with E-state index in [4.69, 9.17) is 0 Å². The van der Waals surface area contributed by atoms with Gasteiger partial charge in [0.05, 0.1) is 6.42 Å². The van der Waals surface area contributed by atoms with Crippen molar-refractivity contribution in [2.45, 2.75) is 31.1 Å². The van der Waals surface area contributed by atoms with E-state index in [1.165, 1.54) is 0 Å². The van der Waals surface area contributed by atoms with Crippen LogP contribution >= 0.6 is 0 Å². The van der Waals surface area contributed by atoms with Gasteiger partial charge in [-0.25, -0.2) is 13.2 Å². The van der Waals surface area contributed by atoms with Crippen molar-refractivity contribution in [3.63, 3.8) is 0 Å². The van der Waals surface area contributed by atoms with E-state index in [0.717, 1.165) is 0 Å².